The molecule has 0 unspecified atom stereocenters. The van der Waals surface area contributed by atoms with Gasteiger partial charge in [0.25, 0.3) is 0 Å². The molecule has 3 aromatic heterocycles. The third-order valence-electron chi connectivity index (χ3n) is 4.95. The van der Waals surface area contributed by atoms with Crippen molar-refractivity contribution in [2.24, 2.45) is 0 Å². The summed E-state index contributed by atoms with van der Waals surface area (Å²) in [6.45, 7) is 1.93. The fourth-order valence-electron chi connectivity index (χ4n) is 3.49. The molecule has 2 aromatic carbocycles. The van der Waals surface area contributed by atoms with E-state index in [0.29, 0.717) is 5.56 Å². The van der Waals surface area contributed by atoms with Gasteiger partial charge in [0.15, 0.2) is 5.65 Å². The maximum atomic E-state index is 11.0. The van der Waals surface area contributed by atoms with Crippen molar-refractivity contribution in [1.82, 2.24) is 19.6 Å². The normalized spacial score (nSPS) is 11.2. The molecule has 0 amide bonds. The number of fused-ring (bicyclic) bond motifs is 3. The maximum absolute atomic E-state index is 11.0. The third-order valence-corrected chi connectivity index (χ3v) is 4.95. The molecule has 0 aliphatic heterocycles. The molecular formula is C23H16N4O. The van der Waals surface area contributed by atoms with Gasteiger partial charge in [-0.1, -0.05) is 54.6 Å². The van der Waals surface area contributed by atoms with Crippen LogP contribution >= 0.6 is 0 Å². The summed E-state index contributed by atoms with van der Waals surface area (Å²) in [6, 6.07) is 21.8. The topological polar surface area (TPSA) is 60.2 Å². The largest absolute Gasteiger partial charge is 0.298 e. The maximum Gasteiger partial charge on any atom is 0.170 e. The predicted molar refractivity (Wildman–Crippen MR) is 109 cm³/mol. The molecule has 134 valence electrons. The Hall–Kier alpha value is -3.86. The molecule has 5 rings (SSSR count). The Labute approximate surface area is 161 Å². The van der Waals surface area contributed by atoms with Crippen LogP contribution in [0.2, 0.25) is 0 Å². The average molecular weight is 364 g/mol. The van der Waals surface area contributed by atoms with Crippen LogP contribution < -0.4 is 0 Å². The zero-order chi connectivity index (χ0) is 19.1. The van der Waals surface area contributed by atoms with E-state index < -0.39 is 0 Å². The smallest absolute Gasteiger partial charge is 0.170 e. The molecule has 0 saturated heterocycles. The van der Waals surface area contributed by atoms with E-state index in [-0.39, 0.29) is 0 Å². The summed E-state index contributed by atoms with van der Waals surface area (Å²) in [6.07, 6.45) is 2.79. The molecule has 5 aromatic rings. The van der Waals surface area contributed by atoms with E-state index in [0.717, 1.165) is 51.0 Å². The first-order valence-electron chi connectivity index (χ1n) is 9.01. The van der Waals surface area contributed by atoms with Gasteiger partial charge in [-0.05, 0) is 24.6 Å². The van der Waals surface area contributed by atoms with Crippen LogP contribution in [0.15, 0.2) is 72.9 Å². The molecule has 0 aliphatic rings. The van der Waals surface area contributed by atoms with Crippen molar-refractivity contribution < 1.29 is 4.79 Å². The lowest BCUT2D eigenvalue weighted by Crippen LogP contribution is -1.95. The summed E-state index contributed by atoms with van der Waals surface area (Å²) in [7, 11) is 0. The minimum atomic E-state index is 0.645. The zero-order valence-corrected chi connectivity index (χ0v) is 15.2. The van der Waals surface area contributed by atoms with E-state index in [9.17, 15) is 4.79 Å². The van der Waals surface area contributed by atoms with E-state index in [2.05, 4.69) is 28.4 Å². The first-order valence-corrected chi connectivity index (χ1v) is 9.01. The summed E-state index contributed by atoms with van der Waals surface area (Å²) < 4.78 is 1.97. The van der Waals surface area contributed by atoms with Gasteiger partial charge in [0.1, 0.15) is 12.1 Å². The predicted octanol–water partition coefficient (Wildman–Crippen LogP) is 4.73. The highest BCUT2D eigenvalue weighted by Crippen LogP contribution is 2.34. The second-order valence-corrected chi connectivity index (χ2v) is 6.68. The molecule has 0 N–H and O–H groups in total. The standard InChI is InChI=1S/C23H16N4O/c1-15-25-26-23-20-13-19(17-5-3-2-4-6-17)22(24-21(20)11-12-27(15)23)18-9-7-16(14-28)8-10-18/h2-14H,1H3. The number of hydrogen-bond donors (Lipinski definition) is 0. The highest BCUT2D eigenvalue weighted by atomic mass is 16.1. The zero-order valence-electron chi connectivity index (χ0n) is 15.2. The molecule has 0 atom stereocenters. The van der Waals surface area contributed by atoms with E-state index in [1.54, 1.807) is 0 Å². The van der Waals surface area contributed by atoms with Gasteiger partial charge in [0, 0.05) is 28.3 Å². The van der Waals surface area contributed by atoms with Crippen LogP contribution in [0.25, 0.3) is 38.9 Å². The molecule has 0 fully saturated rings. The van der Waals surface area contributed by atoms with Crippen molar-refractivity contribution in [2.75, 3.05) is 0 Å². The lowest BCUT2D eigenvalue weighted by molar-refractivity contribution is 0.112. The fraction of sp³-hybridized carbons (Fsp3) is 0.0435. The van der Waals surface area contributed by atoms with Gasteiger partial charge in [0.2, 0.25) is 0 Å². The van der Waals surface area contributed by atoms with Crippen LogP contribution in [-0.2, 0) is 0 Å². The molecule has 5 nitrogen and oxygen atoms in total. The highest BCUT2D eigenvalue weighted by Gasteiger charge is 2.14. The van der Waals surface area contributed by atoms with E-state index in [1.165, 1.54) is 0 Å². The summed E-state index contributed by atoms with van der Waals surface area (Å²) in [5, 5.41) is 9.49. The number of rotatable bonds is 3. The Bertz CT molecular complexity index is 1320. The van der Waals surface area contributed by atoms with Crippen molar-refractivity contribution in [1.29, 1.82) is 0 Å². The number of carbonyl (C=O) groups is 1. The van der Waals surface area contributed by atoms with Gasteiger partial charge in [-0.15, -0.1) is 10.2 Å². The van der Waals surface area contributed by atoms with E-state index in [1.807, 2.05) is 66.1 Å². The summed E-state index contributed by atoms with van der Waals surface area (Å²) in [4.78, 5) is 16.0. The van der Waals surface area contributed by atoms with Gasteiger partial charge in [-0.25, -0.2) is 4.98 Å². The Morgan fingerprint density at radius 1 is 0.893 bits per heavy atom. The van der Waals surface area contributed by atoms with E-state index in [4.69, 9.17) is 4.98 Å². The Morgan fingerprint density at radius 2 is 1.68 bits per heavy atom. The minimum Gasteiger partial charge on any atom is -0.298 e. The number of carbonyl (C=O) groups excluding carboxylic acids is 1. The van der Waals surface area contributed by atoms with Gasteiger partial charge >= 0.3 is 0 Å². The second-order valence-electron chi connectivity index (χ2n) is 6.68. The number of benzene rings is 2. The average Bonchev–Trinajstić information content (AvgIpc) is 3.14. The molecule has 0 bridgehead atoms. The van der Waals surface area contributed by atoms with Gasteiger partial charge in [0.05, 0.1) is 11.2 Å². The quantitative estimate of drug-likeness (QED) is 0.434. The minimum absolute atomic E-state index is 0.645. The van der Waals surface area contributed by atoms with Gasteiger partial charge in [-0.2, -0.15) is 0 Å². The number of aromatic nitrogens is 4. The summed E-state index contributed by atoms with van der Waals surface area (Å²) in [5.74, 6) is 0.840. The molecule has 0 aliphatic carbocycles. The van der Waals surface area contributed by atoms with Crippen LogP contribution in [0.1, 0.15) is 16.2 Å². The number of aryl methyl sites for hydroxylation is 1. The SMILES string of the molecule is Cc1nnc2c3cc(-c4ccccc4)c(-c4ccc(C=O)cc4)nc3ccn12. The molecule has 0 spiro atoms. The number of nitrogens with zero attached hydrogens (tertiary/aromatic N) is 4. The van der Waals surface area contributed by atoms with Crippen molar-refractivity contribution >= 4 is 22.8 Å². The summed E-state index contributed by atoms with van der Waals surface area (Å²) in [5.41, 5.74) is 6.22. The van der Waals surface area contributed by atoms with Crippen LogP contribution in [0.4, 0.5) is 0 Å². The van der Waals surface area contributed by atoms with Crippen LogP contribution in [0.3, 0.4) is 0 Å². The number of aldehydes is 1. The molecule has 5 heteroatoms. The first kappa shape index (κ1) is 16.3. The van der Waals surface area contributed by atoms with E-state index >= 15 is 0 Å². The van der Waals surface area contributed by atoms with Crippen molar-refractivity contribution in [2.45, 2.75) is 6.92 Å². The fourth-order valence-corrected chi connectivity index (χ4v) is 3.49. The van der Waals surface area contributed by atoms with Crippen molar-refractivity contribution in [3.05, 3.63) is 84.3 Å². The van der Waals surface area contributed by atoms with Gasteiger partial charge < -0.3 is 0 Å². The lowest BCUT2D eigenvalue weighted by atomic mass is 9.97. The lowest BCUT2D eigenvalue weighted by Gasteiger charge is -2.12. The molecule has 28 heavy (non-hydrogen) atoms. The molecular weight excluding hydrogens is 348 g/mol. The Kier molecular flexibility index (Phi) is 3.72. The monoisotopic (exact) mass is 364 g/mol. The first-order chi connectivity index (χ1) is 13.7. The molecule has 3 heterocycles. The molecule has 0 radical (unpaired) electrons. The summed E-state index contributed by atoms with van der Waals surface area (Å²) >= 11 is 0. The highest BCUT2D eigenvalue weighted by molar-refractivity contribution is 5.98. The van der Waals surface area contributed by atoms with Gasteiger partial charge in [-0.3, -0.25) is 9.20 Å². The molecule has 0 saturated carbocycles. The van der Waals surface area contributed by atoms with Crippen molar-refractivity contribution in [3.8, 4) is 22.4 Å². The van der Waals surface area contributed by atoms with Crippen molar-refractivity contribution in [3.63, 3.8) is 0 Å². The third kappa shape index (κ3) is 2.56. The van der Waals surface area contributed by atoms with Crippen LogP contribution in [-0.4, -0.2) is 25.9 Å². The van der Waals surface area contributed by atoms with Crippen LogP contribution in [0, 0.1) is 6.92 Å². The van der Waals surface area contributed by atoms with Crippen LogP contribution in [0.5, 0.6) is 0 Å². The second kappa shape index (κ2) is 6.39. The number of pyridine rings is 2. The number of hydrogen-bond acceptors (Lipinski definition) is 4. The Balaban J connectivity index is 1.84. The Morgan fingerprint density at radius 3 is 2.43 bits per heavy atom.